The van der Waals surface area contributed by atoms with E-state index in [9.17, 15) is 33.9 Å². The molecule has 0 radical (unpaired) electrons. The Bertz CT molecular complexity index is 1730. The summed E-state index contributed by atoms with van der Waals surface area (Å²) in [5.41, 5.74) is -0.930. The molecular formula is C43H54O13. The average Bonchev–Trinajstić information content (AvgIpc) is 3.89. The molecule has 2 aromatic heterocycles. The fourth-order valence-electron chi connectivity index (χ4n) is 12.6. The molecule has 0 spiro atoms. The summed E-state index contributed by atoms with van der Waals surface area (Å²) >= 11 is 0. The van der Waals surface area contributed by atoms with Crippen molar-refractivity contribution in [3.63, 3.8) is 0 Å². The standard InChI is InChI=1S/C22H28O6.C21H26O7/c1-12-9-15(19(24)26-4)21(2)7-5-14-20(25)28-16(13-6-8-27-11-13)10-22(14,3)18(21)17(12)23;1-20-6-4-12-19(25)28-15(11-5-7-27-10-11)9-21(12,2)17(20)16(23)14(22)8-13(20)18(24)26-3/h6,8,11-12,14-16,18H,5,7,9-10H2,1-4H3;5,7,10,12-15,17,22H,4,6,8-9H2,1-3H3/t12-,14?,15+,16+,18?,21+,22+;12?,13-,14-,15-,17?,20-,21-/m10/s1. The van der Waals surface area contributed by atoms with E-state index in [0.29, 0.717) is 44.9 Å². The van der Waals surface area contributed by atoms with Crippen molar-refractivity contribution in [1.29, 1.82) is 0 Å². The molecule has 4 heterocycles. The van der Waals surface area contributed by atoms with Gasteiger partial charge in [0.05, 0.1) is 62.9 Å². The molecule has 304 valence electrons. The number of methoxy groups -OCH3 is 2. The molecule has 2 aliphatic heterocycles. The second-order valence-corrected chi connectivity index (χ2v) is 18.3. The number of hydrogen-bond donors (Lipinski definition) is 1. The monoisotopic (exact) mass is 778 g/mol. The van der Waals surface area contributed by atoms with Crippen LogP contribution in [0, 0.1) is 63.1 Å². The number of aliphatic hydroxyl groups excluding tert-OH is 1. The van der Waals surface area contributed by atoms with E-state index in [4.69, 9.17) is 27.8 Å². The highest BCUT2D eigenvalue weighted by molar-refractivity contribution is 5.92. The van der Waals surface area contributed by atoms with E-state index < -0.39 is 63.7 Å². The van der Waals surface area contributed by atoms with Gasteiger partial charge < -0.3 is 32.9 Å². The minimum absolute atomic E-state index is 0.0643. The number of rotatable bonds is 4. The van der Waals surface area contributed by atoms with Gasteiger partial charge >= 0.3 is 23.9 Å². The number of ketones is 2. The highest BCUT2D eigenvalue weighted by Gasteiger charge is 2.68. The van der Waals surface area contributed by atoms with Gasteiger partial charge in [-0.3, -0.25) is 28.8 Å². The van der Waals surface area contributed by atoms with Gasteiger partial charge in [-0.1, -0.05) is 34.6 Å². The number of aliphatic hydroxyl groups is 1. The maximum atomic E-state index is 13.5. The molecule has 14 atom stereocenters. The molecule has 2 aromatic rings. The summed E-state index contributed by atoms with van der Waals surface area (Å²) in [5, 5.41) is 10.5. The van der Waals surface area contributed by atoms with Crippen LogP contribution in [0.1, 0.15) is 109 Å². The molecule has 0 amide bonds. The van der Waals surface area contributed by atoms with Crippen LogP contribution >= 0.6 is 0 Å². The molecule has 56 heavy (non-hydrogen) atoms. The lowest BCUT2D eigenvalue weighted by Gasteiger charge is -2.61. The largest absolute Gasteiger partial charge is 0.472 e. The first-order chi connectivity index (χ1) is 26.4. The van der Waals surface area contributed by atoms with Gasteiger partial charge in [0.25, 0.3) is 0 Å². The third-order valence-corrected chi connectivity index (χ3v) is 15.3. The van der Waals surface area contributed by atoms with Crippen molar-refractivity contribution >= 4 is 35.4 Å². The van der Waals surface area contributed by atoms with Crippen molar-refractivity contribution < 1.29 is 61.7 Å². The summed E-state index contributed by atoms with van der Waals surface area (Å²) in [5.74, 6) is -4.30. The summed E-state index contributed by atoms with van der Waals surface area (Å²) in [6.07, 6.45) is 7.92. The van der Waals surface area contributed by atoms with Crippen molar-refractivity contribution in [1.82, 2.24) is 0 Å². The van der Waals surface area contributed by atoms with Crippen LogP contribution in [0.4, 0.5) is 0 Å². The first kappa shape index (κ1) is 40.0. The van der Waals surface area contributed by atoms with Gasteiger partial charge in [-0.25, -0.2) is 0 Å². The molecule has 4 aliphatic carbocycles. The van der Waals surface area contributed by atoms with E-state index in [1.807, 2.05) is 34.6 Å². The third kappa shape index (κ3) is 6.05. The Balaban J connectivity index is 0.000000172. The lowest BCUT2D eigenvalue weighted by Crippen LogP contribution is -2.64. The van der Waals surface area contributed by atoms with Gasteiger partial charge in [-0.05, 0) is 85.2 Å². The number of Topliss-reactive ketones (excluding diaryl/α,β-unsaturated/α-hetero) is 2. The zero-order valence-corrected chi connectivity index (χ0v) is 33.2. The van der Waals surface area contributed by atoms with Crippen LogP contribution in [-0.2, 0) is 47.7 Å². The van der Waals surface area contributed by atoms with Crippen LogP contribution < -0.4 is 0 Å². The van der Waals surface area contributed by atoms with E-state index >= 15 is 0 Å². The highest BCUT2D eigenvalue weighted by atomic mass is 16.6. The van der Waals surface area contributed by atoms with Gasteiger partial charge in [-0.2, -0.15) is 0 Å². The normalized spacial score (nSPS) is 42.9. The number of fused-ring (bicyclic) bond motifs is 6. The molecule has 0 bridgehead atoms. The molecule has 13 nitrogen and oxygen atoms in total. The smallest absolute Gasteiger partial charge is 0.310 e. The second kappa shape index (κ2) is 14.3. The number of carbonyl (C=O) groups excluding carboxylic acids is 6. The van der Waals surface area contributed by atoms with Crippen molar-refractivity contribution in [2.75, 3.05) is 14.2 Å². The lowest BCUT2D eigenvalue weighted by atomic mass is 9.42. The van der Waals surface area contributed by atoms with Gasteiger partial charge in [0.2, 0.25) is 0 Å². The highest BCUT2D eigenvalue weighted by Crippen LogP contribution is 2.67. The van der Waals surface area contributed by atoms with Crippen LogP contribution in [-0.4, -0.2) is 60.9 Å². The Morgan fingerprint density at radius 1 is 0.679 bits per heavy atom. The summed E-state index contributed by atoms with van der Waals surface area (Å²) in [6, 6.07) is 3.55. The summed E-state index contributed by atoms with van der Waals surface area (Å²) < 4.78 is 31.8. The average molecular weight is 779 g/mol. The second-order valence-electron chi connectivity index (χ2n) is 18.3. The van der Waals surface area contributed by atoms with E-state index in [-0.39, 0.29) is 59.6 Å². The van der Waals surface area contributed by atoms with Crippen LogP contribution in [0.5, 0.6) is 0 Å². The number of furan rings is 2. The number of ether oxygens (including phenoxy) is 4. The van der Waals surface area contributed by atoms with Gasteiger partial charge in [-0.15, -0.1) is 0 Å². The van der Waals surface area contributed by atoms with Crippen LogP contribution in [0.3, 0.4) is 0 Å². The van der Waals surface area contributed by atoms with E-state index in [1.165, 1.54) is 20.5 Å². The summed E-state index contributed by atoms with van der Waals surface area (Å²) in [7, 11) is 2.73. The predicted molar refractivity (Wildman–Crippen MR) is 195 cm³/mol. The molecule has 13 heteroatoms. The Kier molecular flexibility index (Phi) is 10.2. The molecule has 1 N–H and O–H groups in total. The molecule has 4 saturated carbocycles. The molecule has 8 rings (SSSR count). The topological polar surface area (TPSA) is 186 Å². The van der Waals surface area contributed by atoms with Crippen molar-refractivity contribution in [2.24, 2.45) is 63.1 Å². The molecule has 4 unspecified atom stereocenters. The molecular weight excluding hydrogens is 724 g/mol. The molecule has 0 aromatic carbocycles. The zero-order chi connectivity index (χ0) is 40.5. The fraction of sp³-hybridized carbons (Fsp3) is 0.674. The Morgan fingerprint density at radius 3 is 1.52 bits per heavy atom. The van der Waals surface area contributed by atoms with Crippen LogP contribution in [0.25, 0.3) is 0 Å². The zero-order valence-electron chi connectivity index (χ0n) is 33.2. The number of hydrogen-bond acceptors (Lipinski definition) is 13. The van der Waals surface area contributed by atoms with E-state index in [0.717, 1.165) is 11.1 Å². The predicted octanol–water partition coefficient (Wildman–Crippen LogP) is 6.13. The van der Waals surface area contributed by atoms with E-state index in [2.05, 4.69) is 0 Å². The van der Waals surface area contributed by atoms with Crippen molar-refractivity contribution in [3.05, 3.63) is 48.3 Å². The van der Waals surface area contributed by atoms with Gasteiger partial charge in [0.1, 0.15) is 24.1 Å². The van der Waals surface area contributed by atoms with Gasteiger partial charge in [0.15, 0.2) is 5.78 Å². The fourth-order valence-corrected chi connectivity index (χ4v) is 12.6. The first-order valence-corrected chi connectivity index (χ1v) is 19.8. The van der Waals surface area contributed by atoms with Crippen molar-refractivity contribution in [3.8, 4) is 0 Å². The number of esters is 4. The Hall–Kier alpha value is -4.26. The summed E-state index contributed by atoms with van der Waals surface area (Å²) in [6.45, 7) is 9.82. The van der Waals surface area contributed by atoms with Crippen LogP contribution in [0.2, 0.25) is 0 Å². The molecule has 6 aliphatic rings. The number of cyclic esters (lactones) is 2. The Morgan fingerprint density at radius 2 is 1.11 bits per heavy atom. The quantitative estimate of drug-likeness (QED) is 0.276. The minimum Gasteiger partial charge on any atom is -0.472 e. The Labute approximate surface area is 326 Å². The number of carbonyl (C=O) groups is 6. The first-order valence-electron chi connectivity index (χ1n) is 19.8. The minimum atomic E-state index is -1.23. The molecule has 6 fully saturated rings. The maximum absolute atomic E-state index is 13.5. The van der Waals surface area contributed by atoms with Crippen molar-refractivity contribution in [2.45, 2.75) is 104 Å². The van der Waals surface area contributed by atoms with Crippen LogP contribution in [0.15, 0.2) is 46.0 Å². The van der Waals surface area contributed by atoms with Gasteiger partial charge in [0, 0.05) is 28.9 Å². The third-order valence-electron chi connectivity index (χ3n) is 15.3. The SMILES string of the molecule is COC(=O)[C@@H]1C[C@@H](C)C(=O)C2[C@@]3(C)C[C@@H](c4ccoc4)OC(=O)C3CC[C@]21C.COC(=O)[C@@H]1C[C@H](O)C(=O)C2[C@@]3(C)C[C@@H](c4ccoc4)OC(=O)C3CC[C@]21C. The summed E-state index contributed by atoms with van der Waals surface area (Å²) in [4.78, 5) is 77.6. The molecule has 2 saturated heterocycles. The van der Waals surface area contributed by atoms with E-state index in [1.54, 1.807) is 30.9 Å². The maximum Gasteiger partial charge on any atom is 0.310 e. The lowest BCUT2D eigenvalue weighted by molar-refractivity contribution is -0.208.